The lowest BCUT2D eigenvalue weighted by Gasteiger charge is -2.25. The molecule has 0 unspecified atom stereocenters. The molecule has 1 rings (SSSR count). The van der Waals surface area contributed by atoms with E-state index in [1.807, 2.05) is 0 Å². The fraction of sp³-hybridized carbons (Fsp3) is 0.364. The van der Waals surface area contributed by atoms with Gasteiger partial charge < -0.3 is 15.6 Å². The van der Waals surface area contributed by atoms with Crippen molar-refractivity contribution >= 4 is 11.8 Å². The number of aromatic nitrogens is 1. The molecule has 1 aromatic rings. The van der Waals surface area contributed by atoms with Crippen LogP contribution in [-0.4, -0.2) is 34.3 Å². The van der Waals surface area contributed by atoms with E-state index < -0.39 is 5.91 Å². The highest BCUT2D eigenvalue weighted by Crippen LogP contribution is 2.05. The maximum absolute atomic E-state index is 12.0. The molecule has 6 nitrogen and oxygen atoms in total. The average Bonchev–Trinajstić information content (AvgIpc) is 2.24. The lowest BCUT2D eigenvalue weighted by Crippen LogP contribution is -2.43. The van der Waals surface area contributed by atoms with Crippen LogP contribution in [-0.2, 0) is 4.79 Å². The van der Waals surface area contributed by atoms with E-state index in [0.717, 1.165) is 0 Å². The molecule has 0 aliphatic heterocycles. The number of H-pyrrole nitrogens is 1. The third-order valence-electron chi connectivity index (χ3n) is 2.23. The molecule has 1 aromatic heterocycles. The number of primary amides is 1. The maximum atomic E-state index is 12.0. The SMILES string of the molecule is CC(C)N(CC(N)=O)C(=O)c1cc[nH]c(=O)c1. The van der Waals surface area contributed by atoms with E-state index in [2.05, 4.69) is 4.98 Å². The molecule has 17 heavy (non-hydrogen) atoms. The Bertz CT molecular complexity index is 479. The molecular formula is C11H15N3O3. The van der Waals surface area contributed by atoms with E-state index in [1.54, 1.807) is 13.8 Å². The quantitative estimate of drug-likeness (QED) is 0.753. The Hall–Kier alpha value is -2.11. The van der Waals surface area contributed by atoms with Gasteiger partial charge in [-0.05, 0) is 19.9 Å². The monoisotopic (exact) mass is 237 g/mol. The van der Waals surface area contributed by atoms with E-state index >= 15 is 0 Å². The predicted octanol–water partition coefficient (Wildman–Crippen LogP) is -0.289. The first-order valence-electron chi connectivity index (χ1n) is 5.20. The highest BCUT2D eigenvalue weighted by atomic mass is 16.2. The van der Waals surface area contributed by atoms with Gasteiger partial charge in [-0.3, -0.25) is 14.4 Å². The van der Waals surface area contributed by atoms with Crippen molar-refractivity contribution in [1.29, 1.82) is 0 Å². The number of pyridine rings is 1. The smallest absolute Gasteiger partial charge is 0.254 e. The van der Waals surface area contributed by atoms with Gasteiger partial charge in [-0.25, -0.2) is 0 Å². The zero-order valence-electron chi connectivity index (χ0n) is 9.77. The second-order valence-corrected chi connectivity index (χ2v) is 3.93. The van der Waals surface area contributed by atoms with Crippen LogP contribution in [0.3, 0.4) is 0 Å². The lowest BCUT2D eigenvalue weighted by molar-refractivity contribution is -0.119. The lowest BCUT2D eigenvalue weighted by atomic mass is 10.2. The second kappa shape index (κ2) is 5.29. The topological polar surface area (TPSA) is 96.3 Å². The molecule has 0 saturated carbocycles. The summed E-state index contributed by atoms with van der Waals surface area (Å²) in [6.07, 6.45) is 1.39. The summed E-state index contributed by atoms with van der Waals surface area (Å²) < 4.78 is 0. The number of carbonyl (C=O) groups is 2. The third-order valence-corrected chi connectivity index (χ3v) is 2.23. The van der Waals surface area contributed by atoms with E-state index in [9.17, 15) is 14.4 Å². The van der Waals surface area contributed by atoms with Crippen LogP contribution in [0.15, 0.2) is 23.1 Å². The third kappa shape index (κ3) is 3.44. The van der Waals surface area contributed by atoms with Crippen LogP contribution in [0.5, 0.6) is 0 Å². The van der Waals surface area contributed by atoms with Crippen molar-refractivity contribution in [3.05, 3.63) is 34.2 Å². The molecule has 0 aliphatic rings. The molecule has 1 heterocycles. The fourth-order valence-corrected chi connectivity index (χ4v) is 1.40. The minimum absolute atomic E-state index is 0.163. The van der Waals surface area contributed by atoms with Crippen LogP contribution in [0.25, 0.3) is 0 Å². The van der Waals surface area contributed by atoms with Gasteiger partial charge in [0.25, 0.3) is 5.91 Å². The summed E-state index contributed by atoms with van der Waals surface area (Å²) in [5.41, 5.74) is 4.95. The number of aromatic amines is 1. The van der Waals surface area contributed by atoms with Crippen molar-refractivity contribution in [1.82, 2.24) is 9.88 Å². The van der Waals surface area contributed by atoms with Gasteiger partial charge in [-0.1, -0.05) is 0 Å². The molecule has 6 heteroatoms. The van der Waals surface area contributed by atoms with Gasteiger partial charge in [0.2, 0.25) is 11.5 Å². The van der Waals surface area contributed by atoms with Gasteiger partial charge in [0, 0.05) is 23.9 Å². The van der Waals surface area contributed by atoms with Crippen molar-refractivity contribution < 1.29 is 9.59 Å². The Morgan fingerprint density at radius 1 is 1.47 bits per heavy atom. The molecule has 0 atom stereocenters. The fourth-order valence-electron chi connectivity index (χ4n) is 1.40. The Kier molecular flexibility index (Phi) is 4.03. The summed E-state index contributed by atoms with van der Waals surface area (Å²) in [5, 5.41) is 0. The normalized spacial score (nSPS) is 10.3. The van der Waals surface area contributed by atoms with Gasteiger partial charge in [0.1, 0.15) is 0 Å². The molecule has 3 N–H and O–H groups in total. The number of hydrogen-bond acceptors (Lipinski definition) is 3. The highest BCUT2D eigenvalue weighted by Gasteiger charge is 2.20. The predicted molar refractivity (Wildman–Crippen MR) is 62.4 cm³/mol. The first-order chi connectivity index (χ1) is 7.91. The summed E-state index contributed by atoms with van der Waals surface area (Å²) in [7, 11) is 0. The Balaban J connectivity index is 2.99. The Morgan fingerprint density at radius 3 is 2.59 bits per heavy atom. The number of amides is 2. The van der Waals surface area contributed by atoms with Crippen LogP contribution in [0.2, 0.25) is 0 Å². The zero-order chi connectivity index (χ0) is 13.0. The molecule has 0 aliphatic carbocycles. The van der Waals surface area contributed by atoms with E-state index in [4.69, 9.17) is 5.73 Å². The number of nitrogens with zero attached hydrogens (tertiary/aromatic N) is 1. The molecule has 0 bridgehead atoms. The number of nitrogens with one attached hydrogen (secondary N) is 1. The summed E-state index contributed by atoms with van der Waals surface area (Å²) in [6.45, 7) is 3.38. The number of carbonyl (C=O) groups excluding carboxylic acids is 2. The van der Waals surface area contributed by atoms with Gasteiger partial charge in [0.15, 0.2) is 0 Å². The summed E-state index contributed by atoms with van der Waals surface area (Å²) in [6, 6.07) is 2.51. The highest BCUT2D eigenvalue weighted by molar-refractivity contribution is 5.96. The number of rotatable bonds is 4. The molecule has 92 valence electrons. The van der Waals surface area contributed by atoms with Gasteiger partial charge in [-0.2, -0.15) is 0 Å². The summed E-state index contributed by atoms with van der Waals surface area (Å²) >= 11 is 0. The van der Waals surface area contributed by atoms with Crippen LogP contribution in [0.4, 0.5) is 0 Å². The average molecular weight is 237 g/mol. The molecule has 0 radical (unpaired) electrons. The zero-order valence-corrected chi connectivity index (χ0v) is 9.77. The molecule has 0 aromatic carbocycles. The van der Waals surface area contributed by atoms with Crippen molar-refractivity contribution in [3.63, 3.8) is 0 Å². The number of hydrogen-bond donors (Lipinski definition) is 2. The van der Waals surface area contributed by atoms with Gasteiger partial charge in [0.05, 0.1) is 6.54 Å². The molecule has 2 amide bonds. The van der Waals surface area contributed by atoms with Crippen molar-refractivity contribution in [3.8, 4) is 0 Å². The first-order valence-corrected chi connectivity index (χ1v) is 5.20. The Morgan fingerprint density at radius 2 is 2.12 bits per heavy atom. The van der Waals surface area contributed by atoms with Crippen LogP contribution < -0.4 is 11.3 Å². The maximum Gasteiger partial charge on any atom is 0.254 e. The van der Waals surface area contributed by atoms with Crippen molar-refractivity contribution in [2.24, 2.45) is 5.73 Å². The van der Waals surface area contributed by atoms with Crippen molar-refractivity contribution in [2.45, 2.75) is 19.9 Å². The van der Waals surface area contributed by atoms with Gasteiger partial charge in [-0.15, -0.1) is 0 Å². The molecule has 0 spiro atoms. The molecule has 0 saturated heterocycles. The standard InChI is InChI=1S/C11H15N3O3/c1-7(2)14(6-9(12)15)11(17)8-3-4-13-10(16)5-8/h3-5,7H,6H2,1-2H3,(H2,12,15)(H,13,16). The van der Waals surface area contributed by atoms with Crippen LogP contribution in [0, 0.1) is 0 Å². The summed E-state index contributed by atoms with van der Waals surface area (Å²) in [4.78, 5) is 37.7. The molecule has 0 fully saturated rings. The Labute approximate surface area is 98.4 Å². The first kappa shape index (κ1) is 13.0. The second-order valence-electron chi connectivity index (χ2n) is 3.93. The minimum atomic E-state index is -0.586. The van der Waals surface area contributed by atoms with Crippen LogP contribution in [0.1, 0.15) is 24.2 Å². The molecular weight excluding hydrogens is 222 g/mol. The largest absolute Gasteiger partial charge is 0.368 e. The van der Waals surface area contributed by atoms with E-state index in [0.29, 0.717) is 0 Å². The van der Waals surface area contributed by atoms with E-state index in [1.165, 1.54) is 23.2 Å². The summed E-state index contributed by atoms with van der Waals surface area (Å²) in [5.74, 6) is -0.971. The number of nitrogens with two attached hydrogens (primary N) is 1. The van der Waals surface area contributed by atoms with Crippen molar-refractivity contribution in [2.75, 3.05) is 6.54 Å². The minimum Gasteiger partial charge on any atom is -0.368 e. The van der Waals surface area contributed by atoms with Gasteiger partial charge >= 0.3 is 0 Å². The van der Waals surface area contributed by atoms with E-state index in [-0.39, 0.29) is 29.6 Å². The van der Waals surface area contributed by atoms with Crippen LogP contribution >= 0.6 is 0 Å².